The molecule has 0 saturated heterocycles. The number of hydrogen-bond donors (Lipinski definition) is 2. The van der Waals surface area contributed by atoms with Gasteiger partial charge in [0.25, 0.3) is 11.8 Å². The Hall–Kier alpha value is -2.80. The summed E-state index contributed by atoms with van der Waals surface area (Å²) in [5.74, 6) is -0.527. The molecule has 0 bridgehead atoms. The number of nitrogens with one attached hydrogen (secondary N) is 2. The van der Waals surface area contributed by atoms with Crippen LogP contribution in [0.5, 0.6) is 0 Å². The molecule has 0 radical (unpaired) electrons. The van der Waals surface area contributed by atoms with E-state index in [0.29, 0.717) is 21.6 Å². The molecule has 0 spiro atoms. The van der Waals surface area contributed by atoms with Gasteiger partial charge < -0.3 is 10.6 Å². The van der Waals surface area contributed by atoms with Crippen LogP contribution in [0, 0.1) is 0 Å². The lowest BCUT2D eigenvalue weighted by Crippen LogP contribution is -2.20. The SMILES string of the molecule is CNC(=O)c1ccsc1NC(=O)c1ccc2nccnc2c1. The third kappa shape index (κ3) is 2.66. The summed E-state index contributed by atoms with van der Waals surface area (Å²) in [6.07, 6.45) is 3.18. The maximum atomic E-state index is 12.3. The van der Waals surface area contributed by atoms with E-state index >= 15 is 0 Å². The number of carbonyl (C=O) groups is 2. The topological polar surface area (TPSA) is 84.0 Å². The second-order valence-electron chi connectivity index (χ2n) is 4.46. The van der Waals surface area contributed by atoms with Gasteiger partial charge in [-0.2, -0.15) is 0 Å². The molecule has 0 fully saturated rings. The number of anilines is 1. The summed E-state index contributed by atoms with van der Waals surface area (Å²) in [7, 11) is 1.55. The minimum atomic E-state index is -0.292. The molecule has 0 aliphatic carbocycles. The summed E-state index contributed by atoms with van der Waals surface area (Å²) < 4.78 is 0. The molecule has 110 valence electrons. The molecule has 2 heterocycles. The Kier molecular flexibility index (Phi) is 3.80. The van der Waals surface area contributed by atoms with Crippen LogP contribution in [0.2, 0.25) is 0 Å². The number of thiophene rings is 1. The summed E-state index contributed by atoms with van der Waals surface area (Å²) in [6, 6.07) is 6.76. The van der Waals surface area contributed by atoms with Crippen LogP contribution < -0.4 is 10.6 Å². The lowest BCUT2D eigenvalue weighted by molar-refractivity contribution is 0.0964. The summed E-state index contributed by atoms with van der Waals surface area (Å²) in [5.41, 5.74) is 2.28. The highest BCUT2D eigenvalue weighted by atomic mass is 32.1. The lowest BCUT2D eigenvalue weighted by Gasteiger charge is -2.06. The van der Waals surface area contributed by atoms with Crippen molar-refractivity contribution in [2.24, 2.45) is 0 Å². The third-order valence-electron chi connectivity index (χ3n) is 3.10. The monoisotopic (exact) mass is 312 g/mol. The molecule has 7 heteroatoms. The highest BCUT2D eigenvalue weighted by molar-refractivity contribution is 7.14. The van der Waals surface area contributed by atoms with Gasteiger partial charge in [-0.25, -0.2) is 0 Å². The number of fused-ring (bicyclic) bond motifs is 1. The first kappa shape index (κ1) is 14.2. The molecule has 0 aliphatic heterocycles. The van der Waals surface area contributed by atoms with Crippen LogP contribution in [-0.4, -0.2) is 28.8 Å². The maximum absolute atomic E-state index is 12.3. The van der Waals surface area contributed by atoms with Crippen molar-refractivity contribution >= 4 is 39.2 Å². The number of rotatable bonds is 3. The Bertz CT molecular complexity index is 859. The molecule has 1 aromatic carbocycles. The Morgan fingerprint density at radius 2 is 1.82 bits per heavy atom. The zero-order valence-corrected chi connectivity index (χ0v) is 12.5. The standard InChI is InChI=1S/C15H12N4O2S/c1-16-14(21)10-4-7-22-15(10)19-13(20)9-2-3-11-12(8-9)18-6-5-17-11/h2-8H,1H3,(H,16,21)(H,19,20). The van der Waals surface area contributed by atoms with Crippen LogP contribution in [0.4, 0.5) is 5.00 Å². The molecule has 2 aromatic heterocycles. The van der Waals surface area contributed by atoms with Crippen LogP contribution in [0.15, 0.2) is 42.0 Å². The minimum absolute atomic E-state index is 0.235. The third-order valence-corrected chi connectivity index (χ3v) is 3.93. The molecule has 0 aliphatic rings. The Morgan fingerprint density at radius 3 is 2.59 bits per heavy atom. The van der Waals surface area contributed by atoms with Crippen LogP contribution in [0.1, 0.15) is 20.7 Å². The average molecular weight is 312 g/mol. The van der Waals surface area contributed by atoms with Gasteiger partial charge in [0.1, 0.15) is 5.00 Å². The molecule has 3 aromatic rings. The summed E-state index contributed by atoms with van der Waals surface area (Å²) in [6.45, 7) is 0. The van der Waals surface area contributed by atoms with Crippen molar-refractivity contribution in [1.29, 1.82) is 0 Å². The molecule has 2 amide bonds. The largest absolute Gasteiger partial charge is 0.355 e. The molecule has 2 N–H and O–H groups in total. The molecular formula is C15H12N4O2S. The highest BCUT2D eigenvalue weighted by Gasteiger charge is 2.15. The van der Waals surface area contributed by atoms with Gasteiger partial charge in [0, 0.05) is 25.0 Å². The van der Waals surface area contributed by atoms with Crippen LogP contribution in [-0.2, 0) is 0 Å². The minimum Gasteiger partial charge on any atom is -0.355 e. The zero-order valence-electron chi connectivity index (χ0n) is 11.7. The smallest absolute Gasteiger partial charge is 0.256 e. The van der Waals surface area contributed by atoms with Crippen molar-refractivity contribution < 1.29 is 9.59 Å². The number of hydrogen-bond acceptors (Lipinski definition) is 5. The van der Waals surface area contributed by atoms with Gasteiger partial charge in [-0.1, -0.05) is 0 Å². The van der Waals surface area contributed by atoms with E-state index in [1.165, 1.54) is 11.3 Å². The highest BCUT2D eigenvalue weighted by Crippen LogP contribution is 2.24. The number of benzene rings is 1. The molecule has 22 heavy (non-hydrogen) atoms. The van der Waals surface area contributed by atoms with Gasteiger partial charge in [0.15, 0.2) is 0 Å². The first-order valence-corrected chi connectivity index (χ1v) is 7.38. The first-order chi connectivity index (χ1) is 10.7. The molecular weight excluding hydrogens is 300 g/mol. The van der Waals surface area contributed by atoms with E-state index in [1.807, 2.05) is 0 Å². The van der Waals surface area contributed by atoms with E-state index in [0.717, 1.165) is 5.52 Å². The van der Waals surface area contributed by atoms with Crippen molar-refractivity contribution in [3.63, 3.8) is 0 Å². The van der Waals surface area contributed by atoms with Gasteiger partial charge in [0.05, 0.1) is 16.6 Å². The summed E-state index contributed by atoms with van der Waals surface area (Å²) in [5, 5.41) is 7.57. The first-order valence-electron chi connectivity index (χ1n) is 6.51. The number of amides is 2. The number of nitrogens with zero attached hydrogens (tertiary/aromatic N) is 2. The zero-order chi connectivity index (χ0) is 15.5. The molecule has 6 nitrogen and oxygen atoms in total. The van der Waals surface area contributed by atoms with E-state index in [9.17, 15) is 9.59 Å². The predicted molar refractivity (Wildman–Crippen MR) is 85.2 cm³/mol. The molecule has 0 saturated carbocycles. The molecule has 3 rings (SSSR count). The van der Waals surface area contributed by atoms with Crippen molar-refractivity contribution in [3.8, 4) is 0 Å². The number of carbonyl (C=O) groups excluding carboxylic acids is 2. The van der Waals surface area contributed by atoms with Gasteiger partial charge in [-0.05, 0) is 29.6 Å². The van der Waals surface area contributed by atoms with Crippen LogP contribution in [0.25, 0.3) is 11.0 Å². The molecule has 0 atom stereocenters. The van der Waals surface area contributed by atoms with Gasteiger partial charge >= 0.3 is 0 Å². The van der Waals surface area contributed by atoms with Gasteiger partial charge in [0.2, 0.25) is 0 Å². The second-order valence-corrected chi connectivity index (χ2v) is 5.37. The Balaban J connectivity index is 1.87. The van der Waals surface area contributed by atoms with Crippen LogP contribution >= 0.6 is 11.3 Å². The van der Waals surface area contributed by atoms with E-state index in [-0.39, 0.29) is 11.8 Å². The van der Waals surface area contributed by atoms with Crippen molar-refractivity contribution in [1.82, 2.24) is 15.3 Å². The maximum Gasteiger partial charge on any atom is 0.256 e. The van der Waals surface area contributed by atoms with E-state index in [2.05, 4.69) is 20.6 Å². The quantitative estimate of drug-likeness (QED) is 0.777. The van der Waals surface area contributed by atoms with Crippen molar-refractivity contribution in [3.05, 3.63) is 53.2 Å². The average Bonchev–Trinajstić information content (AvgIpc) is 3.01. The lowest BCUT2D eigenvalue weighted by atomic mass is 10.2. The van der Waals surface area contributed by atoms with Crippen molar-refractivity contribution in [2.75, 3.05) is 12.4 Å². The Morgan fingerprint density at radius 1 is 1.05 bits per heavy atom. The van der Waals surface area contributed by atoms with Gasteiger partial charge in [-0.3, -0.25) is 19.6 Å². The fourth-order valence-electron chi connectivity index (χ4n) is 2.00. The molecule has 0 unspecified atom stereocenters. The van der Waals surface area contributed by atoms with E-state index < -0.39 is 0 Å². The fraction of sp³-hybridized carbons (Fsp3) is 0.0667. The van der Waals surface area contributed by atoms with E-state index in [1.54, 1.807) is 49.1 Å². The summed E-state index contributed by atoms with van der Waals surface area (Å²) >= 11 is 1.30. The normalized spacial score (nSPS) is 10.4. The fourth-order valence-corrected chi connectivity index (χ4v) is 2.78. The van der Waals surface area contributed by atoms with Crippen molar-refractivity contribution in [2.45, 2.75) is 0 Å². The second kappa shape index (κ2) is 5.90. The van der Waals surface area contributed by atoms with Crippen LogP contribution in [0.3, 0.4) is 0 Å². The van der Waals surface area contributed by atoms with E-state index in [4.69, 9.17) is 0 Å². The predicted octanol–water partition coefficient (Wildman–Crippen LogP) is 2.30. The summed E-state index contributed by atoms with van der Waals surface area (Å²) in [4.78, 5) is 32.4. The number of aromatic nitrogens is 2. The van der Waals surface area contributed by atoms with Gasteiger partial charge in [-0.15, -0.1) is 11.3 Å². The Labute approximate surface area is 130 Å².